The predicted octanol–water partition coefficient (Wildman–Crippen LogP) is 4.33. The Morgan fingerprint density at radius 1 is 0.939 bits per heavy atom. The number of hydrogen-bond acceptors (Lipinski definition) is 5. The normalized spacial score (nSPS) is 13.9. The third kappa shape index (κ3) is 7.17. The number of likely N-dealkylation sites (tertiary alicyclic amines) is 1. The molecule has 0 radical (unpaired) electrons. The number of nitrogens with one attached hydrogen (secondary N) is 1. The van der Waals surface area contributed by atoms with Crippen LogP contribution in [0.2, 0.25) is 0 Å². The van der Waals surface area contributed by atoms with Gasteiger partial charge in [-0.3, -0.25) is 9.36 Å². The smallest absolute Gasteiger partial charge is 0.220 e. The number of carbonyl (C=O) groups is 1. The largest absolute Gasteiger partial charge is 0.355 e. The lowest BCUT2D eigenvalue weighted by Gasteiger charge is -2.14. The van der Waals surface area contributed by atoms with Crippen LogP contribution in [-0.2, 0) is 11.2 Å². The van der Waals surface area contributed by atoms with Crippen LogP contribution in [0, 0.1) is 0 Å². The molecule has 0 aliphatic carbocycles. The van der Waals surface area contributed by atoms with Gasteiger partial charge in [-0.05, 0) is 56.5 Å². The van der Waals surface area contributed by atoms with Crippen molar-refractivity contribution in [3.05, 3.63) is 72.1 Å². The van der Waals surface area contributed by atoms with Crippen LogP contribution < -0.4 is 5.32 Å². The molecule has 0 unspecified atom stereocenters. The third-order valence-corrected chi connectivity index (χ3v) is 6.91. The van der Waals surface area contributed by atoms with E-state index in [4.69, 9.17) is 0 Å². The van der Waals surface area contributed by atoms with E-state index >= 15 is 0 Å². The molecule has 2 aromatic carbocycles. The summed E-state index contributed by atoms with van der Waals surface area (Å²) in [6.07, 6.45) is 5.76. The van der Waals surface area contributed by atoms with Gasteiger partial charge in [-0.2, -0.15) is 0 Å². The Kier molecular flexibility index (Phi) is 8.95. The first-order valence-corrected chi connectivity index (χ1v) is 12.9. The van der Waals surface area contributed by atoms with Crippen molar-refractivity contribution in [2.75, 3.05) is 31.9 Å². The van der Waals surface area contributed by atoms with Gasteiger partial charge in [0.05, 0.1) is 0 Å². The molecule has 1 saturated heterocycles. The molecule has 1 aliphatic heterocycles. The molecule has 6 nitrogen and oxygen atoms in total. The number of benzene rings is 2. The van der Waals surface area contributed by atoms with Crippen LogP contribution in [0.3, 0.4) is 0 Å². The maximum absolute atomic E-state index is 12.1. The maximum Gasteiger partial charge on any atom is 0.220 e. The number of unbranched alkanes of at least 4 members (excludes halogenated alkanes) is 1. The summed E-state index contributed by atoms with van der Waals surface area (Å²) in [5.41, 5.74) is 2.29. The number of amides is 1. The molecule has 3 aromatic rings. The summed E-state index contributed by atoms with van der Waals surface area (Å²) in [5.74, 6) is 2.02. The molecule has 0 saturated carbocycles. The lowest BCUT2D eigenvalue weighted by molar-refractivity contribution is -0.121. The summed E-state index contributed by atoms with van der Waals surface area (Å²) in [5, 5.41) is 13.0. The lowest BCUT2D eigenvalue weighted by Crippen LogP contribution is -2.33. The van der Waals surface area contributed by atoms with Gasteiger partial charge in [0.25, 0.3) is 0 Å². The van der Waals surface area contributed by atoms with Gasteiger partial charge in [-0.1, -0.05) is 60.3 Å². The van der Waals surface area contributed by atoms with Crippen LogP contribution in [0.4, 0.5) is 0 Å². The quantitative estimate of drug-likeness (QED) is 0.320. The molecule has 2 heterocycles. The van der Waals surface area contributed by atoms with Gasteiger partial charge >= 0.3 is 0 Å². The van der Waals surface area contributed by atoms with Crippen LogP contribution in [0.1, 0.15) is 43.5 Å². The van der Waals surface area contributed by atoms with E-state index in [0.29, 0.717) is 6.42 Å². The van der Waals surface area contributed by atoms with Crippen LogP contribution in [-0.4, -0.2) is 57.5 Å². The standard InChI is InChI=1S/C26H33N5OS/c32-25(27-16-19-30-17-8-9-18-30)15-7-10-20-33-26-29-28-24(21-22-11-3-1-4-12-22)31(26)23-13-5-2-6-14-23/h1-6,11-14H,7-10,15-21H2,(H,27,32). The Labute approximate surface area is 200 Å². The Balaban J connectivity index is 1.26. The van der Waals surface area contributed by atoms with Crippen molar-refractivity contribution in [1.29, 1.82) is 0 Å². The molecule has 4 rings (SSSR count). The zero-order valence-electron chi connectivity index (χ0n) is 19.2. The van der Waals surface area contributed by atoms with Crippen molar-refractivity contribution in [2.45, 2.75) is 43.7 Å². The van der Waals surface area contributed by atoms with E-state index in [1.165, 1.54) is 31.5 Å². The van der Waals surface area contributed by atoms with Crippen LogP contribution in [0.25, 0.3) is 5.69 Å². The number of nitrogens with zero attached hydrogens (tertiary/aromatic N) is 4. The van der Waals surface area contributed by atoms with Crippen molar-refractivity contribution in [3.8, 4) is 5.69 Å². The lowest BCUT2D eigenvalue weighted by atomic mass is 10.1. The van der Waals surface area contributed by atoms with Crippen LogP contribution in [0.15, 0.2) is 65.8 Å². The highest BCUT2D eigenvalue weighted by Gasteiger charge is 2.15. The zero-order chi connectivity index (χ0) is 22.7. The van der Waals surface area contributed by atoms with Crippen LogP contribution in [0.5, 0.6) is 0 Å². The summed E-state index contributed by atoms with van der Waals surface area (Å²) >= 11 is 1.71. The average molecular weight is 464 g/mol. The van der Waals surface area contributed by atoms with E-state index < -0.39 is 0 Å². The van der Waals surface area contributed by atoms with E-state index in [1.54, 1.807) is 11.8 Å². The summed E-state index contributed by atoms with van der Waals surface area (Å²) in [4.78, 5) is 14.5. The minimum atomic E-state index is 0.164. The Morgan fingerprint density at radius 3 is 2.42 bits per heavy atom. The molecule has 7 heteroatoms. The second-order valence-electron chi connectivity index (χ2n) is 8.44. The molecule has 1 N–H and O–H groups in total. The highest BCUT2D eigenvalue weighted by atomic mass is 32.2. The van der Waals surface area contributed by atoms with E-state index in [1.807, 2.05) is 24.3 Å². The van der Waals surface area contributed by atoms with Crippen molar-refractivity contribution in [2.24, 2.45) is 0 Å². The van der Waals surface area contributed by atoms with Gasteiger partial charge < -0.3 is 10.2 Å². The minimum Gasteiger partial charge on any atom is -0.355 e. The number of rotatable bonds is 12. The van der Waals surface area contributed by atoms with Gasteiger partial charge in [-0.25, -0.2) is 0 Å². The second-order valence-corrected chi connectivity index (χ2v) is 9.50. The molecule has 1 aromatic heterocycles. The molecule has 174 valence electrons. The number of carbonyl (C=O) groups excluding carboxylic acids is 1. The zero-order valence-corrected chi connectivity index (χ0v) is 20.0. The third-order valence-electron chi connectivity index (χ3n) is 5.90. The summed E-state index contributed by atoms with van der Waals surface area (Å²) in [6, 6.07) is 20.7. The van der Waals surface area contributed by atoms with E-state index in [2.05, 4.69) is 61.4 Å². The second kappa shape index (κ2) is 12.6. The first-order valence-electron chi connectivity index (χ1n) is 11.9. The molecule has 1 aliphatic rings. The number of aromatic nitrogens is 3. The van der Waals surface area contributed by atoms with Gasteiger partial charge in [0.15, 0.2) is 5.16 Å². The number of hydrogen-bond donors (Lipinski definition) is 1. The summed E-state index contributed by atoms with van der Waals surface area (Å²) in [7, 11) is 0. The monoisotopic (exact) mass is 463 g/mol. The van der Waals surface area contributed by atoms with Crippen LogP contribution >= 0.6 is 11.8 Å². The Hall–Kier alpha value is -2.64. The molecule has 1 fully saturated rings. The highest BCUT2D eigenvalue weighted by Crippen LogP contribution is 2.24. The molecule has 0 atom stereocenters. The molecular formula is C26H33N5OS. The van der Waals surface area contributed by atoms with Crippen molar-refractivity contribution in [1.82, 2.24) is 25.0 Å². The molecule has 33 heavy (non-hydrogen) atoms. The van der Waals surface area contributed by atoms with Gasteiger partial charge in [0.1, 0.15) is 5.82 Å². The van der Waals surface area contributed by atoms with Crippen molar-refractivity contribution < 1.29 is 4.79 Å². The fourth-order valence-corrected chi connectivity index (χ4v) is 5.09. The van der Waals surface area contributed by atoms with Gasteiger partial charge in [0.2, 0.25) is 5.91 Å². The van der Waals surface area contributed by atoms with Gasteiger partial charge in [-0.15, -0.1) is 10.2 Å². The topological polar surface area (TPSA) is 63.1 Å². The minimum absolute atomic E-state index is 0.164. The number of thioether (sulfide) groups is 1. The predicted molar refractivity (Wildman–Crippen MR) is 134 cm³/mol. The average Bonchev–Trinajstić information content (AvgIpc) is 3.50. The highest BCUT2D eigenvalue weighted by molar-refractivity contribution is 7.99. The fraction of sp³-hybridized carbons (Fsp3) is 0.423. The molecule has 1 amide bonds. The van der Waals surface area contributed by atoms with E-state index in [9.17, 15) is 4.79 Å². The molecule has 0 bridgehead atoms. The first-order chi connectivity index (χ1) is 16.3. The molecule has 0 spiro atoms. The van der Waals surface area contributed by atoms with Crippen molar-refractivity contribution >= 4 is 17.7 Å². The Bertz CT molecular complexity index is 986. The Morgan fingerprint density at radius 2 is 1.67 bits per heavy atom. The first kappa shape index (κ1) is 23.5. The van der Waals surface area contributed by atoms with Crippen molar-refractivity contribution in [3.63, 3.8) is 0 Å². The van der Waals surface area contributed by atoms with E-state index in [-0.39, 0.29) is 5.91 Å². The maximum atomic E-state index is 12.1. The fourth-order valence-electron chi connectivity index (χ4n) is 4.12. The van der Waals surface area contributed by atoms with Gasteiger partial charge in [0, 0.05) is 37.4 Å². The van der Waals surface area contributed by atoms with E-state index in [0.717, 1.165) is 54.8 Å². The SMILES string of the molecule is O=C(CCCCSc1nnc(Cc2ccccc2)n1-c1ccccc1)NCCN1CCCC1. The summed E-state index contributed by atoms with van der Waals surface area (Å²) < 4.78 is 2.16. The molecular weight excluding hydrogens is 430 g/mol. The summed E-state index contributed by atoms with van der Waals surface area (Å²) in [6.45, 7) is 4.08. The number of para-hydroxylation sites is 1.